The lowest BCUT2D eigenvalue weighted by Gasteiger charge is -2.35. The summed E-state index contributed by atoms with van der Waals surface area (Å²) >= 11 is 1.38. The van der Waals surface area contributed by atoms with Crippen LogP contribution in [0.5, 0.6) is 0 Å². The number of likely N-dealkylation sites (tertiary alicyclic amines) is 1. The largest absolute Gasteiger partial charge is 0.392 e. The lowest BCUT2D eigenvalue weighted by Crippen LogP contribution is -2.43. The van der Waals surface area contributed by atoms with Gasteiger partial charge >= 0.3 is 0 Å². The van der Waals surface area contributed by atoms with E-state index in [1.807, 2.05) is 5.38 Å². The number of aliphatic hydroxyl groups excluding tert-OH is 1. The second kappa shape index (κ2) is 4.33. The second-order valence-electron chi connectivity index (χ2n) is 3.91. The Morgan fingerprint density at radius 3 is 3.21 bits per heavy atom. The van der Waals surface area contributed by atoms with E-state index in [2.05, 4.69) is 21.4 Å². The fourth-order valence-corrected chi connectivity index (χ4v) is 2.28. The summed E-state index contributed by atoms with van der Waals surface area (Å²) in [5.74, 6) is 0. The molecule has 5 heteroatoms. The topological polar surface area (TPSA) is 49.2 Å². The lowest BCUT2D eigenvalue weighted by atomic mass is 10.0. The molecule has 1 aliphatic rings. The highest BCUT2D eigenvalue weighted by Crippen LogP contribution is 2.18. The molecule has 0 saturated carbocycles. The standard InChI is InChI=1S/C9H15N3OS/c1-7-2-3-9(13)5-12(7)4-8-6-14-11-10-8/h6-7,9,13H,2-5H2,1H3. The van der Waals surface area contributed by atoms with Gasteiger partial charge < -0.3 is 5.11 Å². The minimum Gasteiger partial charge on any atom is -0.392 e. The molecule has 2 unspecified atom stereocenters. The van der Waals surface area contributed by atoms with Crippen LogP contribution >= 0.6 is 11.5 Å². The van der Waals surface area contributed by atoms with Crippen molar-refractivity contribution >= 4 is 11.5 Å². The molecule has 78 valence electrons. The van der Waals surface area contributed by atoms with Crippen LogP contribution in [0.25, 0.3) is 0 Å². The summed E-state index contributed by atoms with van der Waals surface area (Å²) in [6.45, 7) is 3.78. The zero-order chi connectivity index (χ0) is 9.97. The van der Waals surface area contributed by atoms with E-state index in [4.69, 9.17) is 0 Å². The van der Waals surface area contributed by atoms with Crippen molar-refractivity contribution in [2.75, 3.05) is 6.54 Å². The van der Waals surface area contributed by atoms with E-state index in [0.29, 0.717) is 6.04 Å². The van der Waals surface area contributed by atoms with Gasteiger partial charge in [-0.3, -0.25) is 4.90 Å². The van der Waals surface area contributed by atoms with Gasteiger partial charge in [-0.15, -0.1) is 5.10 Å². The molecule has 0 bridgehead atoms. The van der Waals surface area contributed by atoms with Crippen LogP contribution in [0.15, 0.2) is 5.38 Å². The van der Waals surface area contributed by atoms with Gasteiger partial charge in [0.05, 0.1) is 11.8 Å². The van der Waals surface area contributed by atoms with Gasteiger partial charge in [0.15, 0.2) is 0 Å². The van der Waals surface area contributed by atoms with Gasteiger partial charge in [-0.05, 0) is 31.3 Å². The number of hydrogen-bond acceptors (Lipinski definition) is 5. The number of aromatic nitrogens is 2. The van der Waals surface area contributed by atoms with Crippen LogP contribution in [0, 0.1) is 0 Å². The number of rotatable bonds is 2. The Morgan fingerprint density at radius 2 is 2.50 bits per heavy atom. The number of nitrogens with zero attached hydrogens (tertiary/aromatic N) is 3. The van der Waals surface area contributed by atoms with Crippen molar-refractivity contribution in [3.8, 4) is 0 Å². The molecular formula is C9H15N3OS. The summed E-state index contributed by atoms with van der Waals surface area (Å²) in [6, 6.07) is 0.542. The molecule has 0 radical (unpaired) electrons. The molecule has 1 aromatic rings. The summed E-state index contributed by atoms with van der Waals surface area (Å²) in [5, 5.41) is 15.5. The summed E-state index contributed by atoms with van der Waals surface area (Å²) in [6.07, 6.45) is 1.82. The van der Waals surface area contributed by atoms with Crippen LogP contribution in [0.3, 0.4) is 0 Å². The van der Waals surface area contributed by atoms with Crippen LogP contribution in [-0.2, 0) is 6.54 Å². The maximum atomic E-state index is 9.55. The third kappa shape index (κ3) is 2.29. The zero-order valence-electron chi connectivity index (χ0n) is 8.26. The van der Waals surface area contributed by atoms with Gasteiger partial charge in [0, 0.05) is 24.5 Å². The molecule has 0 aliphatic carbocycles. The highest BCUT2D eigenvalue weighted by molar-refractivity contribution is 7.03. The normalized spacial score (nSPS) is 29.3. The SMILES string of the molecule is CC1CCC(O)CN1Cc1csnn1. The van der Waals surface area contributed by atoms with Crippen molar-refractivity contribution in [3.63, 3.8) is 0 Å². The van der Waals surface area contributed by atoms with Gasteiger partial charge in [0.2, 0.25) is 0 Å². The first-order chi connectivity index (χ1) is 6.75. The van der Waals surface area contributed by atoms with Crippen molar-refractivity contribution in [2.24, 2.45) is 0 Å². The molecule has 1 aliphatic heterocycles. The van der Waals surface area contributed by atoms with Crippen molar-refractivity contribution in [3.05, 3.63) is 11.1 Å². The maximum Gasteiger partial charge on any atom is 0.0895 e. The van der Waals surface area contributed by atoms with Crippen LogP contribution in [0.2, 0.25) is 0 Å². The van der Waals surface area contributed by atoms with Gasteiger partial charge in [-0.2, -0.15) is 0 Å². The zero-order valence-corrected chi connectivity index (χ0v) is 9.07. The number of aliphatic hydroxyl groups is 1. The quantitative estimate of drug-likeness (QED) is 0.792. The minimum absolute atomic E-state index is 0.169. The Hall–Kier alpha value is -0.520. The Kier molecular flexibility index (Phi) is 3.10. The van der Waals surface area contributed by atoms with Crippen LogP contribution in [0.1, 0.15) is 25.5 Å². The van der Waals surface area contributed by atoms with Crippen LogP contribution < -0.4 is 0 Å². The van der Waals surface area contributed by atoms with E-state index >= 15 is 0 Å². The number of β-amino-alcohol motifs (C(OH)–C–C–N with tert-alkyl or cyclic N) is 1. The molecule has 1 fully saturated rings. The van der Waals surface area contributed by atoms with Crippen molar-refractivity contribution in [1.82, 2.24) is 14.5 Å². The average Bonchev–Trinajstić information content (AvgIpc) is 2.64. The molecule has 1 saturated heterocycles. The maximum absolute atomic E-state index is 9.55. The van der Waals surface area contributed by atoms with E-state index < -0.39 is 0 Å². The molecule has 2 rings (SSSR count). The highest BCUT2D eigenvalue weighted by Gasteiger charge is 2.24. The predicted molar refractivity (Wildman–Crippen MR) is 55.0 cm³/mol. The Morgan fingerprint density at radius 1 is 1.64 bits per heavy atom. The van der Waals surface area contributed by atoms with Gasteiger partial charge in [-0.1, -0.05) is 4.49 Å². The summed E-state index contributed by atoms with van der Waals surface area (Å²) in [4.78, 5) is 2.27. The minimum atomic E-state index is -0.169. The first-order valence-electron chi connectivity index (χ1n) is 4.94. The molecule has 2 atom stereocenters. The van der Waals surface area contributed by atoms with Crippen molar-refractivity contribution in [2.45, 2.75) is 38.5 Å². The second-order valence-corrected chi connectivity index (χ2v) is 4.52. The van der Waals surface area contributed by atoms with E-state index in [0.717, 1.165) is 31.6 Å². The first-order valence-corrected chi connectivity index (χ1v) is 5.77. The Labute approximate surface area is 87.7 Å². The van der Waals surface area contributed by atoms with Gasteiger partial charge in [0.1, 0.15) is 0 Å². The fourth-order valence-electron chi connectivity index (χ4n) is 1.84. The van der Waals surface area contributed by atoms with E-state index in [-0.39, 0.29) is 6.10 Å². The molecule has 1 N–H and O–H groups in total. The molecule has 2 heterocycles. The van der Waals surface area contributed by atoms with E-state index in [1.54, 1.807) is 0 Å². The summed E-state index contributed by atoms with van der Waals surface area (Å²) < 4.78 is 3.83. The smallest absolute Gasteiger partial charge is 0.0895 e. The number of hydrogen-bond donors (Lipinski definition) is 1. The fraction of sp³-hybridized carbons (Fsp3) is 0.778. The molecular weight excluding hydrogens is 198 g/mol. The lowest BCUT2D eigenvalue weighted by molar-refractivity contribution is 0.0358. The molecule has 0 aromatic carbocycles. The Balaban J connectivity index is 1.95. The molecule has 0 spiro atoms. The van der Waals surface area contributed by atoms with Crippen molar-refractivity contribution in [1.29, 1.82) is 0 Å². The highest BCUT2D eigenvalue weighted by atomic mass is 32.1. The monoisotopic (exact) mass is 213 g/mol. The first kappa shape index (κ1) is 10.0. The summed E-state index contributed by atoms with van der Waals surface area (Å²) in [5.41, 5.74) is 1.01. The van der Waals surface area contributed by atoms with E-state index in [1.165, 1.54) is 11.5 Å². The Bertz CT molecular complexity index is 278. The van der Waals surface area contributed by atoms with Gasteiger partial charge in [-0.25, -0.2) is 0 Å². The molecule has 4 nitrogen and oxygen atoms in total. The third-order valence-electron chi connectivity index (χ3n) is 2.76. The molecule has 14 heavy (non-hydrogen) atoms. The van der Waals surface area contributed by atoms with Crippen LogP contribution in [-0.4, -0.2) is 38.3 Å². The molecule has 0 amide bonds. The van der Waals surface area contributed by atoms with Crippen molar-refractivity contribution < 1.29 is 5.11 Å². The average molecular weight is 213 g/mol. The number of piperidine rings is 1. The predicted octanol–water partition coefficient (Wildman–Crippen LogP) is 0.883. The summed E-state index contributed by atoms with van der Waals surface area (Å²) in [7, 11) is 0. The molecule has 1 aromatic heterocycles. The van der Waals surface area contributed by atoms with E-state index in [9.17, 15) is 5.11 Å². The van der Waals surface area contributed by atoms with Crippen LogP contribution in [0.4, 0.5) is 0 Å². The third-order valence-corrected chi connectivity index (χ3v) is 3.31. The van der Waals surface area contributed by atoms with Gasteiger partial charge in [0.25, 0.3) is 0 Å².